The molecule has 1 rings (SSSR count). The largest absolute Gasteiger partial charge is 0.370 e. The molecule has 1 aromatic rings. The molecular formula is C11H15N3OS. The van der Waals surface area contributed by atoms with Crippen LogP contribution in [0.5, 0.6) is 0 Å². The zero-order chi connectivity index (χ0) is 12.0. The molecule has 0 bridgehead atoms. The Morgan fingerprint density at radius 1 is 1.56 bits per heavy atom. The van der Waals surface area contributed by atoms with Crippen molar-refractivity contribution in [1.82, 2.24) is 4.98 Å². The second-order valence-corrected chi connectivity index (χ2v) is 5.11. The van der Waals surface area contributed by atoms with Gasteiger partial charge in [0.05, 0.1) is 11.6 Å². The number of rotatable bonds is 5. The van der Waals surface area contributed by atoms with E-state index < -0.39 is 10.8 Å². The lowest BCUT2D eigenvalue weighted by Gasteiger charge is -2.06. The predicted octanol–water partition coefficient (Wildman–Crippen LogP) is 1.44. The molecule has 0 amide bonds. The molecule has 0 aliphatic heterocycles. The highest BCUT2D eigenvalue weighted by Gasteiger charge is 1.99. The number of anilines is 1. The summed E-state index contributed by atoms with van der Waals surface area (Å²) in [6.07, 6.45) is 2.53. The van der Waals surface area contributed by atoms with Gasteiger partial charge in [-0.3, -0.25) is 4.21 Å². The summed E-state index contributed by atoms with van der Waals surface area (Å²) in [4.78, 5) is 4.26. The van der Waals surface area contributed by atoms with Crippen molar-refractivity contribution in [2.45, 2.75) is 13.3 Å². The van der Waals surface area contributed by atoms with Crippen molar-refractivity contribution in [3.63, 3.8) is 0 Å². The van der Waals surface area contributed by atoms with Gasteiger partial charge >= 0.3 is 0 Å². The summed E-state index contributed by atoms with van der Waals surface area (Å²) in [5.41, 5.74) is 1.43. The van der Waals surface area contributed by atoms with Crippen molar-refractivity contribution >= 4 is 16.6 Å². The van der Waals surface area contributed by atoms with E-state index in [-0.39, 0.29) is 0 Å². The summed E-state index contributed by atoms with van der Waals surface area (Å²) >= 11 is 0. The van der Waals surface area contributed by atoms with Gasteiger partial charge in [-0.05, 0) is 25.5 Å². The molecule has 16 heavy (non-hydrogen) atoms. The molecule has 0 spiro atoms. The van der Waals surface area contributed by atoms with Crippen LogP contribution >= 0.6 is 0 Å². The highest BCUT2D eigenvalue weighted by atomic mass is 32.2. The van der Waals surface area contributed by atoms with Crippen molar-refractivity contribution in [1.29, 1.82) is 5.26 Å². The SMILES string of the molecule is Cc1cc(C#N)cc(NCCCS(C)=O)n1. The van der Waals surface area contributed by atoms with E-state index in [1.165, 1.54) is 0 Å². The second kappa shape index (κ2) is 6.23. The maximum absolute atomic E-state index is 10.8. The first-order valence-electron chi connectivity index (χ1n) is 5.04. The van der Waals surface area contributed by atoms with Crippen LogP contribution in [0.2, 0.25) is 0 Å². The molecule has 4 nitrogen and oxygen atoms in total. The van der Waals surface area contributed by atoms with Crippen LogP contribution in [0.4, 0.5) is 5.82 Å². The molecule has 0 aliphatic rings. The number of aryl methyl sites for hydroxylation is 1. The topological polar surface area (TPSA) is 65.8 Å². The van der Waals surface area contributed by atoms with Gasteiger partial charge in [0.25, 0.3) is 0 Å². The first-order valence-corrected chi connectivity index (χ1v) is 6.77. The predicted molar refractivity (Wildman–Crippen MR) is 65.7 cm³/mol. The van der Waals surface area contributed by atoms with Crippen LogP contribution in [-0.4, -0.2) is 27.7 Å². The Balaban J connectivity index is 2.51. The van der Waals surface area contributed by atoms with Crippen LogP contribution in [0.15, 0.2) is 12.1 Å². The normalized spacial score (nSPS) is 11.8. The number of hydrogen-bond acceptors (Lipinski definition) is 4. The number of nitriles is 1. The van der Waals surface area contributed by atoms with Crippen molar-refractivity contribution < 1.29 is 4.21 Å². The highest BCUT2D eigenvalue weighted by molar-refractivity contribution is 7.84. The lowest BCUT2D eigenvalue weighted by atomic mass is 10.2. The maximum Gasteiger partial charge on any atom is 0.127 e. The Hall–Kier alpha value is -1.41. The van der Waals surface area contributed by atoms with Crippen molar-refractivity contribution in [2.24, 2.45) is 0 Å². The molecule has 5 heteroatoms. The second-order valence-electron chi connectivity index (χ2n) is 3.55. The van der Waals surface area contributed by atoms with Crippen molar-refractivity contribution in [2.75, 3.05) is 23.9 Å². The summed E-state index contributed by atoms with van der Waals surface area (Å²) in [5, 5.41) is 11.9. The first-order chi connectivity index (χ1) is 7.61. The number of aromatic nitrogens is 1. The third kappa shape index (κ3) is 4.41. The molecule has 1 atom stereocenters. The minimum atomic E-state index is -0.747. The Morgan fingerprint density at radius 2 is 2.31 bits per heavy atom. The Kier molecular flexibility index (Phi) is 4.93. The molecule has 1 unspecified atom stereocenters. The van der Waals surface area contributed by atoms with E-state index in [1.54, 1.807) is 18.4 Å². The standard InChI is InChI=1S/C11H15N3OS/c1-9-6-10(8-12)7-11(14-9)13-4-3-5-16(2)15/h6-7H,3-5H2,1-2H3,(H,13,14). The highest BCUT2D eigenvalue weighted by Crippen LogP contribution is 2.08. The van der Waals surface area contributed by atoms with E-state index in [4.69, 9.17) is 5.26 Å². The minimum Gasteiger partial charge on any atom is -0.370 e. The summed E-state index contributed by atoms with van der Waals surface area (Å²) in [5.74, 6) is 1.39. The van der Waals surface area contributed by atoms with Gasteiger partial charge in [-0.25, -0.2) is 4.98 Å². The van der Waals surface area contributed by atoms with Crippen LogP contribution in [0.25, 0.3) is 0 Å². The zero-order valence-corrected chi connectivity index (χ0v) is 10.3. The number of nitrogens with one attached hydrogen (secondary N) is 1. The quantitative estimate of drug-likeness (QED) is 0.787. The zero-order valence-electron chi connectivity index (χ0n) is 9.49. The Bertz CT molecular complexity index is 426. The van der Waals surface area contributed by atoms with E-state index in [0.717, 1.165) is 18.7 Å². The van der Waals surface area contributed by atoms with Gasteiger partial charge in [-0.2, -0.15) is 5.26 Å². The fourth-order valence-corrected chi connectivity index (χ4v) is 1.87. The van der Waals surface area contributed by atoms with E-state index in [1.807, 2.05) is 6.92 Å². The monoisotopic (exact) mass is 237 g/mol. The Labute approximate surface area is 98.2 Å². The lowest BCUT2D eigenvalue weighted by molar-refractivity contribution is 0.685. The number of pyridine rings is 1. The van der Waals surface area contributed by atoms with E-state index >= 15 is 0 Å². The van der Waals surface area contributed by atoms with Gasteiger partial charge in [0.1, 0.15) is 5.82 Å². The molecule has 0 aliphatic carbocycles. The molecule has 1 aromatic heterocycles. The van der Waals surface area contributed by atoms with E-state index in [0.29, 0.717) is 17.1 Å². The van der Waals surface area contributed by atoms with Gasteiger partial charge < -0.3 is 5.32 Å². The van der Waals surface area contributed by atoms with E-state index in [9.17, 15) is 4.21 Å². The average molecular weight is 237 g/mol. The van der Waals surface area contributed by atoms with Crippen LogP contribution in [-0.2, 0) is 10.8 Å². The van der Waals surface area contributed by atoms with Crippen molar-refractivity contribution in [3.05, 3.63) is 23.4 Å². The molecule has 0 radical (unpaired) electrons. The van der Waals surface area contributed by atoms with Gasteiger partial charge in [-0.15, -0.1) is 0 Å². The third-order valence-electron chi connectivity index (χ3n) is 2.00. The molecular weight excluding hydrogens is 222 g/mol. The molecule has 0 aromatic carbocycles. The summed E-state index contributed by atoms with van der Waals surface area (Å²) in [7, 11) is -0.747. The summed E-state index contributed by atoms with van der Waals surface area (Å²) in [6.45, 7) is 2.58. The minimum absolute atomic E-state index is 0.606. The average Bonchev–Trinajstić information content (AvgIpc) is 2.23. The van der Waals surface area contributed by atoms with Crippen LogP contribution in [0.3, 0.4) is 0 Å². The lowest BCUT2D eigenvalue weighted by Crippen LogP contribution is -2.07. The number of nitrogens with zero attached hydrogens (tertiary/aromatic N) is 2. The van der Waals surface area contributed by atoms with Crippen LogP contribution in [0.1, 0.15) is 17.7 Å². The fraction of sp³-hybridized carbons (Fsp3) is 0.455. The van der Waals surface area contributed by atoms with Gasteiger partial charge in [0, 0.05) is 35.0 Å². The number of hydrogen-bond donors (Lipinski definition) is 1. The van der Waals surface area contributed by atoms with Gasteiger partial charge in [0.15, 0.2) is 0 Å². The van der Waals surface area contributed by atoms with Crippen LogP contribution in [0, 0.1) is 18.3 Å². The molecule has 0 fully saturated rings. The smallest absolute Gasteiger partial charge is 0.127 e. The summed E-state index contributed by atoms with van der Waals surface area (Å²) < 4.78 is 10.8. The maximum atomic E-state index is 10.8. The summed E-state index contributed by atoms with van der Waals surface area (Å²) in [6, 6.07) is 5.55. The third-order valence-corrected chi connectivity index (χ3v) is 2.86. The fourth-order valence-electron chi connectivity index (χ4n) is 1.32. The molecule has 0 saturated heterocycles. The van der Waals surface area contributed by atoms with Gasteiger partial charge in [0.2, 0.25) is 0 Å². The molecule has 1 heterocycles. The first kappa shape index (κ1) is 12.7. The van der Waals surface area contributed by atoms with Gasteiger partial charge in [-0.1, -0.05) is 0 Å². The Morgan fingerprint density at radius 3 is 2.94 bits per heavy atom. The van der Waals surface area contributed by atoms with Crippen molar-refractivity contribution in [3.8, 4) is 6.07 Å². The molecule has 0 saturated carbocycles. The molecule has 1 N–H and O–H groups in total. The van der Waals surface area contributed by atoms with Crippen LogP contribution < -0.4 is 5.32 Å². The molecule has 86 valence electrons. The van der Waals surface area contributed by atoms with E-state index in [2.05, 4.69) is 16.4 Å².